The van der Waals surface area contributed by atoms with Crippen LogP contribution in [0.15, 0.2) is 91.8 Å². The standard InChI is InChI=1S/C28H22F3N7O.3ClH/c1-18-16-38(17-35-18)22-12-21(15-34-26(39)19-6-3-2-4-7-19)25(23(13-22)28(29,30)31)37-27-33-11-9-24(36-27)20-8-5-10-32-14-20;;;/h2-14,16-17H,15H2,1H3,(H,34,39)(H,33,36,37);3*1H. The highest BCUT2D eigenvalue weighted by molar-refractivity contribution is 5.94. The minimum atomic E-state index is -4.73. The average Bonchev–Trinajstić information content (AvgIpc) is 3.39. The fraction of sp³-hybridized carbons (Fsp3) is 0.107. The van der Waals surface area contributed by atoms with Crippen LogP contribution < -0.4 is 10.6 Å². The predicted molar refractivity (Wildman–Crippen MR) is 161 cm³/mol. The van der Waals surface area contributed by atoms with E-state index in [4.69, 9.17) is 0 Å². The van der Waals surface area contributed by atoms with Crippen LogP contribution in [0.25, 0.3) is 16.9 Å². The number of amides is 1. The number of nitrogens with zero attached hydrogens (tertiary/aromatic N) is 5. The first kappa shape index (κ1) is 34.0. The van der Waals surface area contributed by atoms with Crippen LogP contribution in [0, 0.1) is 6.92 Å². The fourth-order valence-electron chi connectivity index (χ4n) is 3.98. The number of aromatic nitrogens is 5. The van der Waals surface area contributed by atoms with Crippen LogP contribution >= 0.6 is 37.2 Å². The van der Waals surface area contributed by atoms with Gasteiger partial charge >= 0.3 is 6.18 Å². The van der Waals surface area contributed by atoms with Gasteiger partial charge in [-0.2, -0.15) is 13.2 Å². The Hall–Kier alpha value is -4.19. The van der Waals surface area contributed by atoms with Crippen molar-refractivity contribution >= 4 is 54.8 Å². The molecule has 0 unspecified atom stereocenters. The third-order valence-corrected chi connectivity index (χ3v) is 5.85. The number of benzene rings is 2. The molecule has 220 valence electrons. The molecule has 42 heavy (non-hydrogen) atoms. The van der Waals surface area contributed by atoms with Crippen LogP contribution in [0.2, 0.25) is 0 Å². The Bertz CT molecular complexity index is 1620. The summed E-state index contributed by atoms with van der Waals surface area (Å²) in [6.45, 7) is 1.55. The van der Waals surface area contributed by atoms with Crippen molar-refractivity contribution in [3.8, 4) is 16.9 Å². The number of carbonyl (C=O) groups is 1. The van der Waals surface area contributed by atoms with Gasteiger partial charge in [-0.05, 0) is 55.0 Å². The Balaban J connectivity index is 0.00000205. The van der Waals surface area contributed by atoms with E-state index in [0.717, 1.165) is 6.07 Å². The largest absolute Gasteiger partial charge is 0.418 e. The quantitative estimate of drug-likeness (QED) is 0.199. The molecule has 8 nitrogen and oxygen atoms in total. The van der Waals surface area contributed by atoms with Crippen molar-refractivity contribution in [2.45, 2.75) is 19.6 Å². The highest BCUT2D eigenvalue weighted by Crippen LogP contribution is 2.39. The molecule has 0 saturated carbocycles. The summed E-state index contributed by atoms with van der Waals surface area (Å²) < 4.78 is 44.8. The van der Waals surface area contributed by atoms with E-state index >= 15 is 0 Å². The number of alkyl halides is 3. The lowest BCUT2D eigenvalue weighted by atomic mass is 10.0. The Morgan fingerprint density at radius 2 is 1.71 bits per heavy atom. The van der Waals surface area contributed by atoms with Gasteiger partial charge in [-0.1, -0.05) is 18.2 Å². The van der Waals surface area contributed by atoms with Gasteiger partial charge in [0.15, 0.2) is 0 Å². The summed E-state index contributed by atoms with van der Waals surface area (Å²) in [5, 5.41) is 5.49. The first-order valence-corrected chi connectivity index (χ1v) is 11.9. The van der Waals surface area contributed by atoms with Crippen molar-refractivity contribution < 1.29 is 18.0 Å². The van der Waals surface area contributed by atoms with E-state index in [9.17, 15) is 18.0 Å². The number of anilines is 2. The third-order valence-electron chi connectivity index (χ3n) is 5.85. The first-order valence-electron chi connectivity index (χ1n) is 11.9. The van der Waals surface area contributed by atoms with Crippen molar-refractivity contribution in [2.75, 3.05) is 5.32 Å². The molecule has 0 spiro atoms. The molecule has 3 heterocycles. The molecule has 1 amide bonds. The van der Waals surface area contributed by atoms with Crippen LogP contribution in [-0.4, -0.2) is 30.4 Å². The summed E-state index contributed by atoms with van der Waals surface area (Å²) in [7, 11) is 0. The van der Waals surface area contributed by atoms with Crippen molar-refractivity contribution in [1.82, 2.24) is 29.8 Å². The Kier molecular flexibility index (Phi) is 11.8. The van der Waals surface area contributed by atoms with E-state index in [1.165, 1.54) is 17.1 Å². The molecule has 5 rings (SSSR count). The van der Waals surface area contributed by atoms with Gasteiger partial charge in [-0.3, -0.25) is 9.78 Å². The second kappa shape index (κ2) is 14.6. The minimum Gasteiger partial charge on any atom is -0.348 e. The molecule has 0 radical (unpaired) electrons. The molecule has 0 atom stereocenters. The van der Waals surface area contributed by atoms with E-state index < -0.39 is 17.6 Å². The van der Waals surface area contributed by atoms with Gasteiger partial charge < -0.3 is 15.2 Å². The topological polar surface area (TPSA) is 97.6 Å². The molecule has 0 aliphatic rings. The smallest absolute Gasteiger partial charge is 0.348 e. The molecule has 3 aromatic heterocycles. The molecule has 0 aliphatic carbocycles. The highest BCUT2D eigenvalue weighted by Gasteiger charge is 2.36. The number of pyridine rings is 1. The van der Waals surface area contributed by atoms with Gasteiger partial charge in [-0.25, -0.2) is 15.0 Å². The molecule has 0 aliphatic heterocycles. The fourth-order valence-corrected chi connectivity index (χ4v) is 3.98. The summed E-state index contributed by atoms with van der Waals surface area (Å²) in [6, 6.07) is 16.2. The number of rotatable bonds is 7. The summed E-state index contributed by atoms with van der Waals surface area (Å²) in [4.78, 5) is 29.5. The number of nitrogens with one attached hydrogen (secondary N) is 2. The lowest BCUT2D eigenvalue weighted by molar-refractivity contribution is -0.137. The van der Waals surface area contributed by atoms with Gasteiger partial charge in [0.25, 0.3) is 5.91 Å². The lowest BCUT2D eigenvalue weighted by Crippen LogP contribution is -2.24. The summed E-state index contributed by atoms with van der Waals surface area (Å²) in [5.74, 6) is -0.461. The number of aryl methyl sites for hydroxylation is 1. The number of halogens is 6. The number of imidazole rings is 1. The monoisotopic (exact) mass is 637 g/mol. The zero-order valence-electron chi connectivity index (χ0n) is 21.9. The zero-order chi connectivity index (χ0) is 27.4. The maximum atomic E-state index is 14.4. The lowest BCUT2D eigenvalue weighted by Gasteiger charge is -2.20. The van der Waals surface area contributed by atoms with Crippen molar-refractivity contribution in [3.05, 3.63) is 114 Å². The van der Waals surface area contributed by atoms with Crippen molar-refractivity contribution in [3.63, 3.8) is 0 Å². The molecule has 0 fully saturated rings. The van der Waals surface area contributed by atoms with Crippen LogP contribution in [0.4, 0.5) is 24.8 Å². The van der Waals surface area contributed by atoms with Crippen LogP contribution in [0.3, 0.4) is 0 Å². The maximum Gasteiger partial charge on any atom is 0.418 e. The normalized spacial score (nSPS) is 10.5. The molecule has 2 aromatic carbocycles. The molecular weight excluding hydrogens is 614 g/mol. The SMILES string of the molecule is Cc1cn(-c2cc(CNC(=O)c3ccccc3)c(Nc3nccc(-c4cccnc4)n3)c(C(F)(F)F)c2)cn1.Cl.Cl.Cl. The van der Waals surface area contributed by atoms with Gasteiger partial charge in [0.1, 0.15) is 0 Å². The Morgan fingerprint density at radius 1 is 0.952 bits per heavy atom. The third kappa shape index (κ3) is 7.96. The van der Waals surface area contributed by atoms with Crippen LogP contribution in [0.5, 0.6) is 0 Å². The van der Waals surface area contributed by atoms with Crippen LogP contribution in [0.1, 0.15) is 27.2 Å². The second-order valence-corrected chi connectivity index (χ2v) is 8.63. The van der Waals surface area contributed by atoms with Crippen molar-refractivity contribution in [2.24, 2.45) is 0 Å². The first-order chi connectivity index (χ1) is 18.8. The van der Waals surface area contributed by atoms with Gasteiger partial charge in [0, 0.05) is 48.1 Å². The van der Waals surface area contributed by atoms with Gasteiger partial charge in [0.2, 0.25) is 5.95 Å². The van der Waals surface area contributed by atoms with E-state index in [-0.39, 0.29) is 66.7 Å². The average molecular weight is 639 g/mol. The molecular formula is C28H25Cl3F3N7O. The summed E-state index contributed by atoms with van der Waals surface area (Å²) in [5.41, 5.74) is 1.42. The predicted octanol–water partition coefficient (Wildman–Crippen LogP) is 6.99. The molecule has 0 saturated heterocycles. The molecule has 14 heteroatoms. The van der Waals surface area contributed by atoms with E-state index in [1.54, 1.807) is 80.1 Å². The van der Waals surface area contributed by atoms with Crippen molar-refractivity contribution in [1.29, 1.82) is 0 Å². The highest BCUT2D eigenvalue weighted by atomic mass is 35.5. The molecule has 5 aromatic rings. The van der Waals surface area contributed by atoms with E-state index in [0.29, 0.717) is 22.5 Å². The van der Waals surface area contributed by atoms with Gasteiger partial charge in [-0.15, -0.1) is 37.2 Å². The van der Waals surface area contributed by atoms with Crippen LogP contribution in [-0.2, 0) is 12.7 Å². The second-order valence-electron chi connectivity index (χ2n) is 8.63. The van der Waals surface area contributed by atoms with E-state index in [1.807, 2.05) is 0 Å². The Morgan fingerprint density at radius 3 is 2.36 bits per heavy atom. The number of carbonyl (C=O) groups excluding carboxylic acids is 1. The molecule has 0 bridgehead atoms. The van der Waals surface area contributed by atoms with Gasteiger partial charge in [0.05, 0.1) is 29.0 Å². The minimum absolute atomic E-state index is 0. The van der Waals surface area contributed by atoms with E-state index in [2.05, 4.69) is 30.6 Å². The summed E-state index contributed by atoms with van der Waals surface area (Å²) >= 11 is 0. The number of hydrogen-bond acceptors (Lipinski definition) is 6. The maximum absolute atomic E-state index is 14.4. The molecule has 2 N–H and O–H groups in total. The summed E-state index contributed by atoms with van der Waals surface area (Å²) in [6.07, 6.45) is 2.98. The number of hydrogen-bond donors (Lipinski definition) is 2. The zero-order valence-corrected chi connectivity index (χ0v) is 24.3. The Labute approximate surface area is 258 Å².